The number of rotatable bonds is 5. The number of aliphatic carboxylic acids is 1. The maximum absolute atomic E-state index is 11.9. The average molecular weight is 260 g/mol. The van der Waals surface area contributed by atoms with E-state index in [4.69, 9.17) is 10.4 Å². The second-order valence-electron chi connectivity index (χ2n) is 5.12. The summed E-state index contributed by atoms with van der Waals surface area (Å²) in [4.78, 5) is 22.5. The number of carbonyl (C=O) groups is 2. The third-order valence-corrected chi connectivity index (χ3v) is 2.59. The summed E-state index contributed by atoms with van der Waals surface area (Å²) in [6.07, 6.45) is -0.000615. The van der Waals surface area contributed by atoms with Crippen molar-refractivity contribution in [2.75, 3.05) is 5.32 Å². The van der Waals surface area contributed by atoms with Crippen LogP contribution in [0.2, 0.25) is 0 Å². The number of hydrogen-bond donors (Lipinski definition) is 2. The van der Waals surface area contributed by atoms with Crippen LogP contribution < -0.4 is 5.32 Å². The SMILES string of the molecule is CC(C)(CC(=O)O)CC(=O)Nc1ccccc1C#N. The van der Waals surface area contributed by atoms with Crippen LogP contribution in [0, 0.1) is 16.7 Å². The fourth-order valence-corrected chi connectivity index (χ4v) is 1.79. The first-order chi connectivity index (χ1) is 8.84. The number of nitrogens with zero attached hydrogens (tertiary/aromatic N) is 1. The lowest BCUT2D eigenvalue weighted by atomic mass is 9.85. The van der Waals surface area contributed by atoms with Crippen LogP contribution in [0.5, 0.6) is 0 Å². The van der Waals surface area contributed by atoms with Crippen molar-refractivity contribution >= 4 is 17.6 Å². The quantitative estimate of drug-likeness (QED) is 0.850. The van der Waals surface area contributed by atoms with E-state index in [1.54, 1.807) is 38.1 Å². The molecule has 0 saturated heterocycles. The molecule has 0 aliphatic rings. The minimum atomic E-state index is -0.935. The Labute approximate surface area is 111 Å². The number of para-hydroxylation sites is 1. The summed E-state index contributed by atoms with van der Waals surface area (Å²) in [7, 11) is 0. The summed E-state index contributed by atoms with van der Waals surface area (Å²) in [5, 5.41) is 20.3. The van der Waals surface area contributed by atoms with Gasteiger partial charge in [-0.05, 0) is 17.5 Å². The molecule has 1 rings (SSSR count). The van der Waals surface area contributed by atoms with Crippen LogP contribution in [-0.2, 0) is 9.59 Å². The smallest absolute Gasteiger partial charge is 0.303 e. The van der Waals surface area contributed by atoms with E-state index in [1.807, 2.05) is 6.07 Å². The van der Waals surface area contributed by atoms with Crippen molar-refractivity contribution in [3.05, 3.63) is 29.8 Å². The molecule has 5 nitrogen and oxygen atoms in total. The number of carboxylic acids is 1. The zero-order valence-corrected chi connectivity index (χ0v) is 10.9. The molecule has 0 heterocycles. The summed E-state index contributed by atoms with van der Waals surface area (Å²) in [6, 6.07) is 8.67. The molecule has 0 spiro atoms. The van der Waals surface area contributed by atoms with E-state index in [0.29, 0.717) is 11.3 Å². The van der Waals surface area contributed by atoms with Gasteiger partial charge in [-0.15, -0.1) is 0 Å². The van der Waals surface area contributed by atoms with Gasteiger partial charge in [-0.1, -0.05) is 26.0 Å². The van der Waals surface area contributed by atoms with E-state index >= 15 is 0 Å². The second-order valence-corrected chi connectivity index (χ2v) is 5.12. The van der Waals surface area contributed by atoms with E-state index in [9.17, 15) is 9.59 Å². The highest BCUT2D eigenvalue weighted by Gasteiger charge is 2.25. The lowest BCUT2D eigenvalue weighted by Gasteiger charge is -2.21. The Morgan fingerprint density at radius 3 is 2.53 bits per heavy atom. The Bertz CT molecular complexity index is 530. The van der Waals surface area contributed by atoms with E-state index in [1.165, 1.54) is 0 Å². The highest BCUT2D eigenvalue weighted by molar-refractivity contribution is 5.92. The van der Waals surface area contributed by atoms with Crippen molar-refractivity contribution in [3.8, 4) is 6.07 Å². The maximum atomic E-state index is 11.9. The zero-order chi connectivity index (χ0) is 14.5. The molecular formula is C14H16N2O3. The van der Waals surface area contributed by atoms with Gasteiger partial charge < -0.3 is 10.4 Å². The largest absolute Gasteiger partial charge is 0.481 e. The normalized spacial score (nSPS) is 10.6. The highest BCUT2D eigenvalue weighted by atomic mass is 16.4. The summed E-state index contributed by atoms with van der Waals surface area (Å²) < 4.78 is 0. The number of amides is 1. The molecule has 1 amide bonds. The molecule has 0 aliphatic carbocycles. The number of hydrogen-bond acceptors (Lipinski definition) is 3. The van der Waals surface area contributed by atoms with Gasteiger partial charge in [-0.25, -0.2) is 0 Å². The fraction of sp³-hybridized carbons (Fsp3) is 0.357. The first-order valence-corrected chi connectivity index (χ1v) is 5.85. The zero-order valence-electron chi connectivity index (χ0n) is 10.9. The third kappa shape index (κ3) is 4.80. The molecule has 0 aromatic heterocycles. The van der Waals surface area contributed by atoms with Gasteiger partial charge in [0.05, 0.1) is 17.7 Å². The minimum Gasteiger partial charge on any atom is -0.481 e. The van der Waals surface area contributed by atoms with E-state index in [2.05, 4.69) is 5.32 Å². The predicted molar refractivity (Wildman–Crippen MR) is 70.4 cm³/mol. The average Bonchev–Trinajstić information content (AvgIpc) is 2.26. The van der Waals surface area contributed by atoms with Gasteiger partial charge in [0, 0.05) is 6.42 Å². The van der Waals surface area contributed by atoms with Crippen LogP contribution in [0.4, 0.5) is 5.69 Å². The van der Waals surface area contributed by atoms with Gasteiger partial charge in [0.1, 0.15) is 6.07 Å². The fourth-order valence-electron chi connectivity index (χ4n) is 1.79. The lowest BCUT2D eigenvalue weighted by molar-refractivity contribution is -0.139. The Morgan fingerprint density at radius 1 is 1.32 bits per heavy atom. The molecule has 100 valence electrons. The van der Waals surface area contributed by atoms with Crippen LogP contribution in [0.3, 0.4) is 0 Å². The molecule has 0 atom stereocenters. The van der Waals surface area contributed by atoms with Gasteiger partial charge in [-0.3, -0.25) is 9.59 Å². The summed E-state index contributed by atoms with van der Waals surface area (Å²) in [6.45, 7) is 3.44. The molecule has 0 saturated carbocycles. The van der Waals surface area contributed by atoms with Gasteiger partial charge in [0.25, 0.3) is 0 Å². The number of benzene rings is 1. The van der Waals surface area contributed by atoms with Gasteiger partial charge in [0.15, 0.2) is 0 Å². The molecule has 2 N–H and O–H groups in total. The van der Waals surface area contributed by atoms with Crippen LogP contribution in [0.1, 0.15) is 32.3 Å². The van der Waals surface area contributed by atoms with Crippen LogP contribution in [0.15, 0.2) is 24.3 Å². The number of nitrogens with one attached hydrogen (secondary N) is 1. The van der Waals surface area contributed by atoms with Crippen LogP contribution in [0.25, 0.3) is 0 Å². The number of anilines is 1. The molecular weight excluding hydrogens is 244 g/mol. The monoisotopic (exact) mass is 260 g/mol. The van der Waals surface area contributed by atoms with E-state index < -0.39 is 11.4 Å². The highest BCUT2D eigenvalue weighted by Crippen LogP contribution is 2.26. The van der Waals surface area contributed by atoms with Crippen molar-refractivity contribution in [3.63, 3.8) is 0 Å². The number of carbonyl (C=O) groups excluding carboxylic acids is 1. The Balaban J connectivity index is 2.71. The van der Waals surface area contributed by atoms with Crippen molar-refractivity contribution in [2.24, 2.45) is 5.41 Å². The van der Waals surface area contributed by atoms with Crippen LogP contribution in [-0.4, -0.2) is 17.0 Å². The standard InChI is InChI=1S/C14H16N2O3/c1-14(2,8-13(18)19)7-12(17)16-11-6-4-3-5-10(11)9-15/h3-6H,7-8H2,1-2H3,(H,16,17)(H,18,19). The summed E-state index contributed by atoms with van der Waals surface area (Å²) in [5.41, 5.74) is 0.199. The van der Waals surface area contributed by atoms with Crippen molar-refractivity contribution < 1.29 is 14.7 Å². The minimum absolute atomic E-state index is 0.0824. The van der Waals surface area contributed by atoms with Crippen molar-refractivity contribution in [1.82, 2.24) is 0 Å². The molecule has 0 radical (unpaired) electrons. The molecule has 0 fully saturated rings. The maximum Gasteiger partial charge on any atom is 0.303 e. The van der Waals surface area contributed by atoms with E-state index in [0.717, 1.165) is 0 Å². The molecule has 19 heavy (non-hydrogen) atoms. The third-order valence-electron chi connectivity index (χ3n) is 2.59. The molecule has 0 bridgehead atoms. The molecule has 1 aromatic rings. The summed E-state index contributed by atoms with van der Waals surface area (Å²) in [5.74, 6) is -1.23. The molecule has 5 heteroatoms. The van der Waals surface area contributed by atoms with Gasteiger partial charge in [0.2, 0.25) is 5.91 Å². The Morgan fingerprint density at radius 2 is 1.95 bits per heavy atom. The molecule has 0 aliphatic heterocycles. The molecule has 0 unspecified atom stereocenters. The Hall–Kier alpha value is -2.35. The van der Waals surface area contributed by atoms with Crippen molar-refractivity contribution in [2.45, 2.75) is 26.7 Å². The van der Waals surface area contributed by atoms with Crippen LogP contribution >= 0.6 is 0 Å². The summed E-state index contributed by atoms with van der Waals surface area (Å²) >= 11 is 0. The number of nitriles is 1. The van der Waals surface area contributed by atoms with E-state index in [-0.39, 0.29) is 18.7 Å². The first-order valence-electron chi connectivity index (χ1n) is 5.85. The lowest BCUT2D eigenvalue weighted by Crippen LogP contribution is -2.25. The predicted octanol–water partition coefficient (Wildman–Crippen LogP) is 2.39. The van der Waals surface area contributed by atoms with Gasteiger partial charge in [-0.2, -0.15) is 5.26 Å². The Kier molecular flexibility index (Phi) is 4.65. The molecule has 1 aromatic carbocycles. The number of carboxylic acid groups (broad SMARTS) is 1. The van der Waals surface area contributed by atoms with Crippen molar-refractivity contribution in [1.29, 1.82) is 5.26 Å². The first kappa shape index (κ1) is 14.7. The topological polar surface area (TPSA) is 90.2 Å². The van der Waals surface area contributed by atoms with Gasteiger partial charge >= 0.3 is 5.97 Å². The second kappa shape index (κ2) is 6.01.